The summed E-state index contributed by atoms with van der Waals surface area (Å²) < 4.78 is 0. The monoisotopic (exact) mass is 348 g/mol. The van der Waals surface area contributed by atoms with Crippen molar-refractivity contribution in [3.63, 3.8) is 0 Å². The number of hydrogen-bond donors (Lipinski definition) is 3. The summed E-state index contributed by atoms with van der Waals surface area (Å²) in [4.78, 5) is 13.0. The van der Waals surface area contributed by atoms with Crippen LogP contribution in [0.15, 0.2) is 30.6 Å². The van der Waals surface area contributed by atoms with Gasteiger partial charge in [0.15, 0.2) is 11.6 Å². The molecule has 2 heterocycles. The molecule has 0 unspecified atom stereocenters. The van der Waals surface area contributed by atoms with Gasteiger partial charge in [-0.15, -0.1) is 0 Å². The number of nitrogens with two attached hydrogens (primary N) is 1. The molecule has 0 aliphatic carbocycles. The first-order chi connectivity index (χ1) is 11.7. The molecule has 0 radical (unpaired) electrons. The fraction of sp³-hybridized carbons (Fsp3) is 0.375. The molecular weight excluding hydrogens is 328 g/mol. The summed E-state index contributed by atoms with van der Waals surface area (Å²) in [5.41, 5.74) is 7.67. The Balaban J connectivity index is 1.73. The van der Waals surface area contributed by atoms with Gasteiger partial charge < -0.3 is 21.1 Å². The fourth-order valence-electron chi connectivity index (χ4n) is 2.73. The van der Waals surface area contributed by atoms with E-state index in [0.29, 0.717) is 23.1 Å². The van der Waals surface area contributed by atoms with Gasteiger partial charge in [0.1, 0.15) is 12.0 Å². The van der Waals surface area contributed by atoms with Crippen molar-refractivity contribution in [3.05, 3.63) is 35.6 Å². The van der Waals surface area contributed by atoms with Crippen LogP contribution in [-0.2, 0) is 0 Å². The van der Waals surface area contributed by atoms with Crippen molar-refractivity contribution >= 4 is 34.6 Å². The van der Waals surface area contributed by atoms with Crippen LogP contribution in [0.25, 0.3) is 0 Å². The number of halogens is 1. The summed E-state index contributed by atoms with van der Waals surface area (Å²) in [6.45, 7) is 4.29. The number of β-amino-alcohol motifs (C(OH)–C–C–N with tert-alkyl or cyclic N) is 1. The van der Waals surface area contributed by atoms with Gasteiger partial charge in [-0.2, -0.15) is 0 Å². The lowest BCUT2D eigenvalue weighted by Gasteiger charge is -2.35. The minimum absolute atomic E-state index is 0.185. The van der Waals surface area contributed by atoms with Crippen molar-refractivity contribution in [2.45, 2.75) is 0 Å². The molecule has 1 aliphatic heterocycles. The summed E-state index contributed by atoms with van der Waals surface area (Å²) >= 11 is 5.90. The predicted octanol–water partition coefficient (Wildman–Crippen LogP) is 1.57. The van der Waals surface area contributed by atoms with Crippen LogP contribution in [-0.4, -0.2) is 59.3 Å². The van der Waals surface area contributed by atoms with E-state index >= 15 is 0 Å². The van der Waals surface area contributed by atoms with Crippen LogP contribution in [0.5, 0.6) is 0 Å². The Morgan fingerprint density at radius 3 is 2.50 bits per heavy atom. The molecule has 3 rings (SSSR count). The first-order valence-corrected chi connectivity index (χ1v) is 8.26. The van der Waals surface area contributed by atoms with Crippen LogP contribution in [0.1, 0.15) is 0 Å². The van der Waals surface area contributed by atoms with Crippen molar-refractivity contribution in [2.75, 3.05) is 55.3 Å². The molecule has 0 bridgehead atoms. The molecule has 7 nitrogen and oxygen atoms in total. The second-order valence-electron chi connectivity index (χ2n) is 5.64. The summed E-state index contributed by atoms with van der Waals surface area (Å²) in [7, 11) is 0. The second kappa shape index (κ2) is 7.65. The van der Waals surface area contributed by atoms with E-state index in [9.17, 15) is 0 Å². The maximum Gasteiger partial charge on any atom is 0.159 e. The molecule has 1 fully saturated rings. The molecule has 0 saturated carbocycles. The topological polar surface area (TPSA) is 90.5 Å². The highest BCUT2D eigenvalue weighted by atomic mass is 35.5. The highest BCUT2D eigenvalue weighted by Crippen LogP contribution is 2.29. The number of rotatable bonds is 5. The molecule has 4 N–H and O–H groups in total. The maximum atomic E-state index is 9.03. The number of aromatic nitrogens is 2. The second-order valence-corrected chi connectivity index (χ2v) is 6.08. The molecule has 24 heavy (non-hydrogen) atoms. The average Bonchev–Trinajstić information content (AvgIpc) is 2.60. The molecule has 1 aliphatic rings. The molecule has 128 valence electrons. The quantitative estimate of drug-likeness (QED) is 0.755. The molecule has 2 aromatic rings. The van der Waals surface area contributed by atoms with Crippen LogP contribution in [0.2, 0.25) is 5.02 Å². The van der Waals surface area contributed by atoms with Gasteiger partial charge in [0, 0.05) is 43.4 Å². The van der Waals surface area contributed by atoms with Crippen molar-refractivity contribution in [3.8, 4) is 0 Å². The van der Waals surface area contributed by atoms with Crippen LogP contribution in [0.3, 0.4) is 0 Å². The van der Waals surface area contributed by atoms with Gasteiger partial charge in [0.2, 0.25) is 0 Å². The summed E-state index contributed by atoms with van der Waals surface area (Å²) in [6, 6.07) is 7.36. The summed E-state index contributed by atoms with van der Waals surface area (Å²) in [5.74, 6) is 1.32. The number of piperazine rings is 1. The molecule has 0 amide bonds. The molecule has 0 spiro atoms. The Kier molecular flexibility index (Phi) is 5.34. The van der Waals surface area contributed by atoms with E-state index in [1.807, 2.05) is 24.3 Å². The Morgan fingerprint density at radius 2 is 1.83 bits per heavy atom. The lowest BCUT2D eigenvalue weighted by atomic mass is 10.2. The minimum Gasteiger partial charge on any atom is -0.395 e. The van der Waals surface area contributed by atoms with Crippen LogP contribution in [0.4, 0.5) is 23.0 Å². The molecule has 8 heteroatoms. The van der Waals surface area contributed by atoms with Gasteiger partial charge in [-0.25, -0.2) is 9.97 Å². The first kappa shape index (κ1) is 16.8. The molecule has 1 saturated heterocycles. The number of benzene rings is 1. The lowest BCUT2D eigenvalue weighted by Crippen LogP contribution is -2.47. The summed E-state index contributed by atoms with van der Waals surface area (Å²) in [6.07, 6.45) is 1.52. The van der Waals surface area contributed by atoms with Gasteiger partial charge in [-0.3, -0.25) is 4.90 Å². The van der Waals surface area contributed by atoms with E-state index in [0.717, 1.165) is 37.7 Å². The van der Waals surface area contributed by atoms with E-state index in [1.165, 1.54) is 6.33 Å². The van der Waals surface area contributed by atoms with Crippen molar-refractivity contribution in [1.82, 2.24) is 14.9 Å². The molecule has 0 atom stereocenters. The minimum atomic E-state index is 0.185. The average molecular weight is 349 g/mol. The van der Waals surface area contributed by atoms with E-state index in [-0.39, 0.29) is 6.61 Å². The first-order valence-electron chi connectivity index (χ1n) is 7.88. The third-order valence-electron chi connectivity index (χ3n) is 4.06. The van der Waals surface area contributed by atoms with Crippen molar-refractivity contribution in [1.29, 1.82) is 0 Å². The Morgan fingerprint density at radius 1 is 1.12 bits per heavy atom. The largest absolute Gasteiger partial charge is 0.395 e. The maximum absolute atomic E-state index is 9.03. The third kappa shape index (κ3) is 3.87. The Hall–Kier alpha value is -2.09. The van der Waals surface area contributed by atoms with E-state index in [4.69, 9.17) is 22.4 Å². The number of nitrogens with one attached hydrogen (secondary N) is 1. The third-order valence-corrected chi connectivity index (χ3v) is 4.31. The molecule has 1 aromatic heterocycles. The standard InChI is InChI=1S/C16H21ClN6O/c17-12-1-3-13(4-2-12)21-15-14(18)16(20-11-19-15)23-7-5-22(6-8-23)9-10-24/h1-4,11,24H,5-10,18H2,(H,19,20,21). The normalized spacial score (nSPS) is 15.5. The number of aliphatic hydroxyl groups is 1. The van der Waals surface area contributed by atoms with Gasteiger partial charge in [-0.05, 0) is 24.3 Å². The zero-order valence-corrected chi connectivity index (χ0v) is 14.1. The van der Waals surface area contributed by atoms with Crippen LogP contribution in [0, 0.1) is 0 Å². The van der Waals surface area contributed by atoms with Gasteiger partial charge in [-0.1, -0.05) is 11.6 Å². The predicted molar refractivity (Wildman–Crippen MR) is 96.9 cm³/mol. The Labute approximate surface area is 146 Å². The zero-order valence-electron chi connectivity index (χ0n) is 13.3. The lowest BCUT2D eigenvalue weighted by molar-refractivity contribution is 0.188. The zero-order chi connectivity index (χ0) is 16.9. The smallest absolute Gasteiger partial charge is 0.159 e. The van der Waals surface area contributed by atoms with Crippen molar-refractivity contribution in [2.24, 2.45) is 0 Å². The highest BCUT2D eigenvalue weighted by molar-refractivity contribution is 6.30. The van der Waals surface area contributed by atoms with Crippen molar-refractivity contribution < 1.29 is 5.11 Å². The van der Waals surface area contributed by atoms with Gasteiger partial charge >= 0.3 is 0 Å². The molecular formula is C16H21ClN6O. The molecule has 1 aromatic carbocycles. The number of anilines is 4. The van der Waals surface area contributed by atoms with Gasteiger partial charge in [0.05, 0.1) is 6.61 Å². The number of nitrogens with zero attached hydrogens (tertiary/aromatic N) is 4. The Bertz CT molecular complexity index is 673. The van der Waals surface area contributed by atoms with Crippen LogP contribution < -0.4 is 16.0 Å². The van der Waals surface area contributed by atoms with Crippen LogP contribution >= 0.6 is 11.6 Å². The van der Waals surface area contributed by atoms with E-state index in [1.54, 1.807) is 0 Å². The number of nitrogen functional groups attached to an aromatic ring is 1. The number of aliphatic hydroxyl groups excluding tert-OH is 1. The number of hydrogen-bond acceptors (Lipinski definition) is 7. The van der Waals surface area contributed by atoms with E-state index < -0.39 is 0 Å². The fourth-order valence-corrected chi connectivity index (χ4v) is 2.86. The van der Waals surface area contributed by atoms with Gasteiger partial charge in [0.25, 0.3) is 0 Å². The summed E-state index contributed by atoms with van der Waals surface area (Å²) in [5, 5.41) is 12.9. The van der Waals surface area contributed by atoms with E-state index in [2.05, 4.69) is 25.1 Å². The SMILES string of the molecule is Nc1c(Nc2ccc(Cl)cc2)ncnc1N1CCN(CCO)CC1. The highest BCUT2D eigenvalue weighted by Gasteiger charge is 2.20.